The van der Waals surface area contributed by atoms with Crippen LogP contribution in [0.25, 0.3) is 0 Å². The van der Waals surface area contributed by atoms with Gasteiger partial charge in [0, 0.05) is 54.7 Å². The lowest BCUT2D eigenvalue weighted by Gasteiger charge is -2.28. The topological polar surface area (TPSA) is 85.8 Å². The van der Waals surface area contributed by atoms with E-state index in [9.17, 15) is 4.79 Å². The molecular weight excluding hydrogens is 440 g/mol. The number of ether oxygens (including phenoxy) is 3. The summed E-state index contributed by atoms with van der Waals surface area (Å²) < 4.78 is 16.6. The van der Waals surface area contributed by atoms with Gasteiger partial charge in [0.25, 0.3) is 11.8 Å². The first-order valence-electron chi connectivity index (χ1n) is 10.6. The lowest BCUT2D eigenvalue weighted by atomic mass is 10.1. The molecule has 9 heteroatoms. The van der Waals surface area contributed by atoms with Crippen molar-refractivity contribution in [3.63, 3.8) is 0 Å². The zero-order valence-corrected chi connectivity index (χ0v) is 19.4. The largest absolute Gasteiger partial charge is 0.497 e. The SMILES string of the molecule is COc1ccc(OC)c(CNC(=O)c2ccc(Oc3nccnc3N3CCSCC3)cc2)c1. The van der Waals surface area contributed by atoms with Gasteiger partial charge in [0.1, 0.15) is 17.2 Å². The Morgan fingerprint density at radius 3 is 2.45 bits per heavy atom. The van der Waals surface area contributed by atoms with Crippen LogP contribution in [0.3, 0.4) is 0 Å². The van der Waals surface area contributed by atoms with E-state index >= 15 is 0 Å². The van der Waals surface area contributed by atoms with Crippen LogP contribution in [-0.4, -0.2) is 54.7 Å². The Balaban J connectivity index is 1.40. The highest BCUT2D eigenvalue weighted by Gasteiger charge is 2.18. The summed E-state index contributed by atoms with van der Waals surface area (Å²) in [6.07, 6.45) is 3.29. The molecule has 0 atom stereocenters. The number of thioether (sulfide) groups is 1. The number of hydrogen-bond donors (Lipinski definition) is 1. The molecule has 1 aliphatic rings. The van der Waals surface area contributed by atoms with E-state index in [0.29, 0.717) is 35.2 Å². The van der Waals surface area contributed by atoms with Crippen molar-refractivity contribution in [1.82, 2.24) is 15.3 Å². The normalized spacial score (nSPS) is 13.3. The van der Waals surface area contributed by atoms with Crippen molar-refractivity contribution in [2.24, 2.45) is 0 Å². The summed E-state index contributed by atoms with van der Waals surface area (Å²) in [4.78, 5) is 23.7. The first kappa shape index (κ1) is 22.7. The van der Waals surface area contributed by atoms with Crippen molar-refractivity contribution < 1.29 is 19.0 Å². The van der Waals surface area contributed by atoms with Gasteiger partial charge in [0.05, 0.1) is 14.2 Å². The van der Waals surface area contributed by atoms with Gasteiger partial charge >= 0.3 is 0 Å². The van der Waals surface area contributed by atoms with E-state index in [1.54, 1.807) is 50.9 Å². The van der Waals surface area contributed by atoms with Crippen LogP contribution in [0.5, 0.6) is 23.1 Å². The lowest BCUT2D eigenvalue weighted by Crippen LogP contribution is -2.33. The summed E-state index contributed by atoms with van der Waals surface area (Å²) in [6, 6.07) is 12.4. The van der Waals surface area contributed by atoms with Crippen LogP contribution >= 0.6 is 11.8 Å². The number of rotatable bonds is 8. The van der Waals surface area contributed by atoms with Gasteiger partial charge in [-0.1, -0.05) is 0 Å². The minimum Gasteiger partial charge on any atom is -0.497 e. The second-order valence-electron chi connectivity index (χ2n) is 7.27. The van der Waals surface area contributed by atoms with E-state index in [2.05, 4.69) is 20.2 Å². The first-order chi connectivity index (χ1) is 16.2. The van der Waals surface area contributed by atoms with Crippen LogP contribution in [0.15, 0.2) is 54.9 Å². The van der Waals surface area contributed by atoms with Crippen molar-refractivity contribution in [2.45, 2.75) is 6.54 Å². The number of carbonyl (C=O) groups excluding carboxylic acids is 1. The maximum Gasteiger partial charge on any atom is 0.263 e. The molecule has 3 aromatic rings. The van der Waals surface area contributed by atoms with Gasteiger partial charge in [-0.15, -0.1) is 0 Å². The Hall–Kier alpha value is -3.46. The molecule has 0 saturated carbocycles. The Kier molecular flexibility index (Phi) is 7.51. The number of nitrogens with one attached hydrogen (secondary N) is 1. The number of amides is 1. The monoisotopic (exact) mass is 466 g/mol. The average molecular weight is 467 g/mol. The quantitative estimate of drug-likeness (QED) is 0.537. The van der Waals surface area contributed by atoms with E-state index in [1.165, 1.54) is 0 Å². The van der Waals surface area contributed by atoms with Crippen LogP contribution in [0.1, 0.15) is 15.9 Å². The molecule has 1 fully saturated rings. The molecule has 1 amide bonds. The summed E-state index contributed by atoms with van der Waals surface area (Å²) in [7, 11) is 3.20. The number of carbonyl (C=O) groups is 1. The number of hydrogen-bond acceptors (Lipinski definition) is 8. The third-order valence-corrected chi connectivity index (χ3v) is 6.16. The molecule has 2 aromatic carbocycles. The number of benzene rings is 2. The number of nitrogens with zero attached hydrogens (tertiary/aromatic N) is 3. The van der Waals surface area contributed by atoms with Gasteiger partial charge < -0.3 is 24.4 Å². The maximum atomic E-state index is 12.6. The van der Waals surface area contributed by atoms with E-state index in [0.717, 1.165) is 36.0 Å². The Labute approximate surface area is 197 Å². The van der Waals surface area contributed by atoms with Gasteiger partial charge in [0.15, 0.2) is 5.82 Å². The zero-order chi connectivity index (χ0) is 23.0. The van der Waals surface area contributed by atoms with Crippen LogP contribution in [0.4, 0.5) is 5.82 Å². The molecule has 1 aromatic heterocycles. The smallest absolute Gasteiger partial charge is 0.263 e. The highest BCUT2D eigenvalue weighted by atomic mass is 32.2. The van der Waals surface area contributed by atoms with Crippen molar-refractivity contribution in [3.05, 3.63) is 66.0 Å². The minimum atomic E-state index is -0.197. The lowest BCUT2D eigenvalue weighted by molar-refractivity contribution is 0.0950. The fourth-order valence-corrected chi connectivity index (χ4v) is 4.37. The Morgan fingerprint density at radius 2 is 1.73 bits per heavy atom. The van der Waals surface area contributed by atoms with Crippen LogP contribution < -0.4 is 24.4 Å². The molecule has 0 radical (unpaired) electrons. The van der Waals surface area contributed by atoms with Crippen molar-refractivity contribution in [3.8, 4) is 23.1 Å². The molecule has 0 spiro atoms. The standard InChI is InChI=1S/C24H26N4O4S/c1-30-20-7-8-21(31-2)18(15-20)16-27-23(29)17-3-5-19(6-4-17)32-24-22(25-9-10-26-24)28-11-13-33-14-12-28/h3-10,15H,11-14,16H2,1-2H3,(H,27,29). The third kappa shape index (κ3) is 5.67. The van der Waals surface area contributed by atoms with Gasteiger partial charge in [-0.25, -0.2) is 9.97 Å². The highest BCUT2D eigenvalue weighted by Crippen LogP contribution is 2.29. The summed E-state index contributed by atoms with van der Waals surface area (Å²) in [6.45, 7) is 2.14. The number of aromatic nitrogens is 2. The predicted octanol–water partition coefficient (Wildman–Crippen LogP) is 3.77. The number of methoxy groups -OCH3 is 2. The van der Waals surface area contributed by atoms with Gasteiger partial charge in [0.2, 0.25) is 0 Å². The zero-order valence-electron chi connectivity index (χ0n) is 18.6. The minimum absolute atomic E-state index is 0.197. The summed E-state index contributed by atoms with van der Waals surface area (Å²) >= 11 is 1.93. The van der Waals surface area contributed by atoms with Crippen LogP contribution in [0, 0.1) is 0 Å². The summed E-state index contributed by atoms with van der Waals surface area (Å²) in [5.74, 6) is 5.11. The fourth-order valence-electron chi connectivity index (χ4n) is 3.47. The fraction of sp³-hybridized carbons (Fsp3) is 0.292. The number of anilines is 1. The van der Waals surface area contributed by atoms with Gasteiger partial charge in [-0.2, -0.15) is 11.8 Å². The molecule has 1 aliphatic heterocycles. The molecule has 0 aliphatic carbocycles. The predicted molar refractivity (Wildman–Crippen MR) is 129 cm³/mol. The molecule has 2 heterocycles. The van der Waals surface area contributed by atoms with E-state index in [1.807, 2.05) is 30.0 Å². The van der Waals surface area contributed by atoms with Crippen molar-refractivity contribution in [2.75, 3.05) is 43.7 Å². The van der Waals surface area contributed by atoms with E-state index in [-0.39, 0.29) is 5.91 Å². The molecule has 4 rings (SSSR count). The Morgan fingerprint density at radius 1 is 1.00 bits per heavy atom. The van der Waals surface area contributed by atoms with Gasteiger partial charge in [-0.3, -0.25) is 4.79 Å². The van der Waals surface area contributed by atoms with Gasteiger partial charge in [-0.05, 0) is 42.5 Å². The summed E-state index contributed by atoms with van der Waals surface area (Å²) in [5, 5.41) is 2.92. The van der Waals surface area contributed by atoms with Crippen molar-refractivity contribution >= 4 is 23.5 Å². The first-order valence-corrected chi connectivity index (χ1v) is 11.7. The molecule has 1 N–H and O–H groups in total. The molecule has 8 nitrogen and oxygen atoms in total. The molecule has 1 saturated heterocycles. The van der Waals surface area contributed by atoms with E-state index < -0.39 is 0 Å². The molecule has 172 valence electrons. The molecule has 0 unspecified atom stereocenters. The second-order valence-corrected chi connectivity index (χ2v) is 8.50. The summed E-state index contributed by atoms with van der Waals surface area (Å²) in [5.41, 5.74) is 1.35. The molecular formula is C24H26N4O4S. The third-order valence-electron chi connectivity index (χ3n) is 5.22. The molecule has 0 bridgehead atoms. The van der Waals surface area contributed by atoms with Crippen molar-refractivity contribution in [1.29, 1.82) is 0 Å². The highest BCUT2D eigenvalue weighted by molar-refractivity contribution is 7.99. The maximum absolute atomic E-state index is 12.6. The second kappa shape index (κ2) is 10.9. The van der Waals surface area contributed by atoms with E-state index in [4.69, 9.17) is 14.2 Å². The Bertz CT molecular complexity index is 1090. The average Bonchev–Trinajstić information content (AvgIpc) is 2.88. The van der Waals surface area contributed by atoms with Crippen LogP contribution in [-0.2, 0) is 6.54 Å². The van der Waals surface area contributed by atoms with Crippen LogP contribution in [0.2, 0.25) is 0 Å². The molecule has 33 heavy (non-hydrogen) atoms.